The fraction of sp³-hybridized carbons (Fsp3) is 1.00. The zero-order chi connectivity index (χ0) is 10.1. The van der Waals surface area contributed by atoms with Gasteiger partial charge in [-0.15, -0.1) is 0 Å². The Labute approximate surface area is 87.3 Å². The van der Waals surface area contributed by atoms with Crippen molar-refractivity contribution in [2.45, 2.75) is 57.4 Å². The van der Waals surface area contributed by atoms with Gasteiger partial charge in [-0.05, 0) is 32.2 Å². The average molecular weight is 199 g/mol. The Balaban J connectivity index is 1.79. The van der Waals surface area contributed by atoms with Crippen LogP contribution in [-0.2, 0) is 0 Å². The number of nitrogens with zero attached hydrogens (tertiary/aromatic N) is 1. The smallest absolute Gasteiger partial charge is 0.0512 e. The minimum atomic E-state index is 0.310. The molecule has 13 heavy (non-hydrogen) atoms. The van der Waals surface area contributed by atoms with E-state index in [0.717, 1.165) is 6.04 Å². The number of hydrogen-bond acceptors (Lipinski definition) is 2. The summed E-state index contributed by atoms with van der Waals surface area (Å²) >= 11 is 4.65. The van der Waals surface area contributed by atoms with Crippen molar-refractivity contribution in [3.8, 4) is 0 Å². The molecule has 0 aromatic heterocycles. The topological polar surface area (TPSA) is 3.01 Å². The highest BCUT2D eigenvalue weighted by Crippen LogP contribution is 2.73. The number of fused-ring (bicyclic) bond motifs is 1. The molecule has 1 saturated heterocycles. The fourth-order valence-electron chi connectivity index (χ4n) is 2.53. The van der Waals surface area contributed by atoms with Crippen LogP contribution in [0, 0.1) is 5.41 Å². The molecule has 1 nitrogen and oxygen atoms in total. The van der Waals surface area contributed by atoms with Crippen LogP contribution in [0.5, 0.6) is 0 Å². The van der Waals surface area contributed by atoms with Gasteiger partial charge in [0.25, 0.3) is 0 Å². The van der Waals surface area contributed by atoms with E-state index in [9.17, 15) is 0 Å². The second kappa shape index (κ2) is 2.27. The van der Waals surface area contributed by atoms with Gasteiger partial charge in [0.15, 0.2) is 0 Å². The van der Waals surface area contributed by atoms with Crippen molar-refractivity contribution >= 4 is 12.6 Å². The fourth-order valence-corrected chi connectivity index (χ4v) is 3.11. The van der Waals surface area contributed by atoms with Crippen LogP contribution in [0.15, 0.2) is 0 Å². The maximum Gasteiger partial charge on any atom is 0.0512 e. The van der Waals surface area contributed by atoms with Crippen LogP contribution in [0.25, 0.3) is 0 Å². The average Bonchev–Trinajstić information content (AvgIpc) is 2.66. The van der Waals surface area contributed by atoms with Gasteiger partial charge < -0.3 is 0 Å². The molecule has 0 aromatic rings. The summed E-state index contributed by atoms with van der Waals surface area (Å²) in [5.74, 6) is 0. The molecule has 0 N–H and O–H groups in total. The lowest BCUT2D eigenvalue weighted by Gasteiger charge is -2.27. The van der Waals surface area contributed by atoms with Crippen molar-refractivity contribution in [2.75, 3.05) is 6.54 Å². The van der Waals surface area contributed by atoms with Gasteiger partial charge in [-0.3, -0.25) is 4.90 Å². The van der Waals surface area contributed by atoms with Crippen LogP contribution < -0.4 is 0 Å². The van der Waals surface area contributed by atoms with Crippen molar-refractivity contribution in [3.63, 3.8) is 0 Å². The summed E-state index contributed by atoms with van der Waals surface area (Å²) in [6.07, 6.45) is 1.29. The normalized spacial score (nSPS) is 53.1. The third-order valence-corrected chi connectivity index (χ3v) is 4.65. The van der Waals surface area contributed by atoms with E-state index >= 15 is 0 Å². The SMILES string of the molecule is CC(C)(C)CCN1C2C(C)(S)C21C. The number of thiol groups is 1. The maximum absolute atomic E-state index is 4.65. The predicted molar refractivity (Wildman–Crippen MR) is 60.4 cm³/mol. The lowest BCUT2D eigenvalue weighted by atomic mass is 9.92. The van der Waals surface area contributed by atoms with Crippen LogP contribution in [0.3, 0.4) is 0 Å². The van der Waals surface area contributed by atoms with Crippen molar-refractivity contribution in [1.82, 2.24) is 4.90 Å². The van der Waals surface area contributed by atoms with Crippen molar-refractivity contribution in [1.29, 1.82) is 0 Å². The van der Waals surface area contributed by atoms with Gasteiger partial charge >= 0.3 is 0 Å². The molecule has 4 unspecified atom stereocenters. The van der Waals surface area contributed by atoms with E-state index in [0.29, 0.717) is 15.7 Å². The number of rotatable bonds is 2. The molecule has 2 aliphatic rings. The first kappa shape index (κ1) is 9.85. The van der Waals surface area contributed by atoms with Gasteiger partial charge in [0.05, 0.1) is 5.54 Å². The van der Waals surface area contributed by atoms with Gasteiger partial charge in [0.2, 0.25) is 0 Å². The molecule has 2 fully saturated rings. The minimum absolute atomic E-state index is 0.310. The quantitative estimate of drug-likeness (QED) is 0.528. The van der Waals surface area contributed by atoms with Crippen molar-refractivity contribution in [2.24, 2.45) is 5.41 Å². The summed E-state index contributed by atoms with van der Waals surface area (Å²) in [6.45, 7) is 12.8. The summed E-state index contributed by atoms with van der Waals surface area (Å²) in [4.78, 5) is 2.59. The highest BCUT2D eigenvalue weighted by Gasteiger charge is 2.88. The Kier molecular flexibility index (Phi) is 1.72. The Bertz CT molecular complexity index is 241. The third-order valence-electron chi connectivity index (χ3n) is 3.95. The summed E-state index contributed by atoms with van der Waals surface area (Å²) in [5, 5.41) is 0. The van der Waals surface area contributed by atoms with Gasteiger partial charge in [-0.2, -0.15) is 12.6 Å². The number of likely N-dealkylation sites (tertiary alicyclic amines) is 1. The van der Waals surface area contributed by atoms with E-state index in [2.05, 4.69) is 52.1 Å². The highest BCUT2D eigenvalue weighted by molar-refractivity contribution is 7.82. The lowest BCUT2D eigenvalue weighted by Crippen LogP contribution is -2.34. The largest absolute Gasteiger partial charge is 0.289 e. The molecule has 1 heterocycles. The van der Waals surface area contributed by atoms with Crippen LogP contribution in [0.4, 0.5) is 0 Å². The van der Waals surface area contributed by atoms with Crippen LogP contribution in [-0.4, -0.2) is 27.8 Å². The second-order valence-corrected chi connectivity index (χ2v) is 7.13. The standard InChI is InChI=1S/C11H21NS/c1-9(2,3)6-7-12-8-10(12,4)11(8,5)13/h8,13H,6-7H2,1-5H3. The van der Waals surface area contributed by atoms with E-state index in [1.54, 1.807) is 0 Å². The molecule has 0 amide bonds. The molecule has 2 rings (SSSR count). The van der Waals surface area contributed by atoms with Crippen LogP contribution in [0.1, 0.15) is 41.0 Å². The first-order valence-corrected chi connectivity index (χ1v) is 5.65. The molecule has 2 heteroatoms. The Morgan fingerprint density at radius 2 is 1.77 bits per heavy atom. The first-order valence-electron chi connectivity index (χ1n) is 5.20. The summed E-state index contributed by atoms with van der Waals surface area (Å²) < 4.78 is 0.310. The monoisotopic (exact) mass is 199 g/mol. The zero-order valence-electron chi connectivity index (χ0n) is 9.39. The predicted octanol–water partition coefficient (Wildman–Crippen LogP) is 2.57. The molecular weight excluding hydrogens is 178 g/mol. The second-order valence-electron chi connectivity index (χ2n) is 6.20. The molecule has 0 spiro atoms. The van der Waals surface area contributed by atoms with Gasteiger partial charge in [0, 0.05) is 10.8 Å². The molecule has 4 atom stereocenters. The summed E-state index contributed by atoms with van der Waals surface area (Å²) in [6, 6.07) is 0.769. The maximum atomic E-state index is 4.65. The van der Waals surface area contributed by atoms with E-state index < -0.39 is 0 Å². The molecule has 0 aromatic carbocycles. The molecule has 1 saturated carbocycles. The van der Waals surface area contributed by atoms with Crippen molar-refractivity contribution in [3.05, 3.63) is 0 Å². The van der Waals surface area contributed by atoms with Crippen molar-refractivity contribution < 1.29 is 0 Å². The molecule has 0 bridgehead atoms. The van der Waals surface area contributed by atoms with Gasteiger partial charge in [-0.1, -0.05) is 20.8 Å². The van der Waals surface area contributed by atoms with Crippen LogP contribution in [0.2, 0.25) is 0 Å². The molecule has 0 radical (unpaired) electrons. The molecule has 76 valence electrons. The molecule has 1 aliphatic heterocycles. The summed E-state index contributed by atoms with van der Waals surface area (Å²) in [5.41, 5.74) is 0.916. The van der Waals surface area contributed by atoms with Crippen LogP contribution >= 0.6 is 12.6 Å². The van der Waals surface area contributed by atoms with Gasteiger partial charge in [0.1, 0.15) is 0 Å². The molecule has 1 aliphatic carbocycles. The van der Waals surface area contributed by atoms with E-state index in [4.69, 9.17) is 0 Å². The zero-order valence-corrected chi connectivity index (χ0v) is 10.3. The Hall–Kier alpha value is 0.310. The van der Waals surface area contributed by atoms with E-state index in [-0.39, 0.29) is 0 Å². The summed E-state index contributed by atoms with van der Waals surface area (Å²) in [7, 11) is 0. The Morgan fingerprint density at radius 3 is 2.08 bits per heavy atom. The minimum Gasteiger partial charge on any atom is -0.289 e. The first-order chi connectivity index (χ1) is 5.71. The van der Waals surface area contributed by atoms with Gasteiger partial charge in [-0.25, -0.2) is 0 Å². The third kappa shape index (κ3) is 1.18. The lowest BCUT2D eigenvalue weighted by molar-refractivity contribution is 0.261. The molecular formula is C11H21NS. The number of hydrogen-bond donors (Lipinski definition) is 1. The van der Waals surface area contributed by atoms with E-state index in [1.165, 1.54) is 13.0 Å². The van der Waals surface area contributed by atoms with E-state index in [1.807, 2.05) is 0 Å². The Morgan fingerprint density at radius 1 is 1.31 bits per heavy atom. The highest BCUT2D eigenvalue weighted by atomic mass is 32.1.